The lowest BCUT2D eigenvalue weighted by atomic mass is 9.82. The molecule has 0 saturated heterocycles. The summed E-state index contributed by atoms with van der Waals surface area (Å²) in [6.45, 7) is 0. The molecule has 1 atom stereocenters. The van der Waals surface area contributed by atoms with Crippen LogP contribution in [0.1, 0.15) is 42.7 Å². The van der Waals surface area contributed by atoms with Gasteiger partial charge in [0.25, 0.3) is 0 Å². The molecule has 1 unspecified atom stereocenters. The number of phenolic OH excluding ortho intramolecular Hbond substituents is 1. The van der Waals surface area contributed by atoms with Crippen LogP contribution in [0.5, 0.6) is 5.75 Å². The minimum Gasteiger partial charge on any atom is -0.508 e. The zero-order valence-corrected chi connectivity index (χ0v) is 17.8. The Labute approximate surface area is 189 Å². The third-order valence-corrected chi connectivity index (χ3v) is 5.99. The van der Waals surface area contributed by atoms with Gasteiger partial charge in [-0.25, -0.2) is 13.6 Å². The fourth-order valence-corrected chi connectivity index (χ4v) is 4.32. The maximum atomic E-state index is 13.6. The van der Waals surface area contributed by atoms with Crippen LogP contribution in [0.2, 0.25) is 0 Å². The van der Waals surface area contributed by atoms with Gasteiger partial charge in [0, 0.05) is 18.2 Å². The molecule has 1 amide bonds. The molecule has 33 heavy (non-hydrogen) atoms. The molecule has 3 N–H and O–H groups in total. The monoisotopic (exact) mass is 451 g/mol. The van der Waals surface area contributed by atoms with E-state index in [1.165, 1.54) is 12.1 Å². The van der Waals surface area contributed by atoms with E-state index in [9.17, 15) is 28.6 Å². The van der Waals surface area contributed by atoms with Crippen molar-refractivity contribution in [3.63, 3.8) is 0 Å². The number of carbonyl (C=O) groups is 2. The Morgan fingerprint density at radius 2 is 1.67 bits per heavy atom. The number of benzene rings is 3. The maximum absolute atomic E-state index is 13.6. The molecule has 170 valence electrons. The van der Waals surface area contributed by atoms with E-state index in [-0.39, 0.29) is 36.0 Å². The molecule has 0 aliphatic heterocycles. The van der Waals surface area contributed by atoms with E-state index < -0.39 is 17.6 Å². The quantitative estimate of drug-likeness (QED) is 0.482. The second-order valence-corrected chi connectivity index (χ2v) is 8.32. The normalized spacial score (nSPS) is 16.1. The number of fused-ring (bicyclic) bond motifs is 1. The van der Waals surface area contributed by atoms with Crippen LogP contribution in [0.3, 0.4) is 0 Å². The zero-order valence-electron chi connectivity index (χ0n) is 17.8. The Bertz CT molecular complexity index is 1250. The van der Waals surface area contributed by atoms with Gasteiger partial charge in [-0.15, -0.1) is 0 Å². The van der Waals surface area contributed by atoms with Crippen LogP contribution >= 0.6 is 0 Å². The summed E-state index contributed by atoms with van der Waals surface area (Å²) in [6.07, 6.45) is 1.52. The summed E-state index contributed by atoms with van der Waals surface area (Å²) < 4.78 is 27.2. The van der Waals surface area contributed by atoms with Gasteiger partial charge in [-0.2, -0.15) is 0 Å². The van der Waals surface area contributed by atoms with Gasteiger partial charge < -0.3 is 15.5 Å². The highest BCUT2D eigenvalue weighted by molar-refractivity contribution is 5.90. The van der Waals surface area contributed by atoms with Crippen molar-refractivity contribution >= 4 is 22.6 Å². The van der Waals surface area contributed by atoms with Crippen LogP contribution < -0.4 is 5.32 Å². The summed E-state index contributed by atoms with van der Waals surface area (Å²) in [5, 5.41) is 23.8. The first-order valence-electron chi connectivity index (χ1n) is 10.7. The van der Waals surface area contributed by atoms with Crippen molar-refractivity contribution < 1.29 is 28.6 Å². The highest BCUT2D eigenvalue weighted by Gasteiger charge is 2.28. The van der Waals surface area contributed by atoms with Crippen molar-refractivity contribution in [1.29, 1.82) is 0 Å². The molecule has 1 aliphatic carbocycles. The van der Waals surface area contributed by atoms with Gasteiger partial charge in [0.15, 0.2) is 0 Å². The molecule has 4 rings (SSSR count). The van der Waals surface area contributed by atoms with Crippen molar-refractivity contribution in [1.82, 2.24) is 5.32 Å². The third-order valence-electron chi connectivity index (χ3n) is 5.99. The van der Waals surface area contributed by atoms with Crippen LogP contribution in [0.25, 0.3) is 10.8 Å². The second-order valence-electron chi connectivity index (χ2n) is 8.32. The summed E-state index contributed by atoms with van der Waals surface area (Å²) in [5.74, 6) is -2.98. The van der Waals surface area contributed by atoms with E-state index in [4.69, 9.17) is 0 Å². The number of aromatic hydroxyl groups is 1. The van der Waals surface area contributed by atoms with Crippen LogP contribution in [-0.2, 0) is 16.0 Å². The number of aryl methyl sites for hydroxylation is 1. The molecular weight excluding hydrogens is 428 g/mol. The minimum absolute atomic E-state index is 0.0646. The number of aliphatic carboxylic acids is 1. The van der Waals surface area contributed by atoms with Gasteiger partial charge in [-0.1, -0.05) is 24.3 Å². The van der Waals surface area contributed by atoms with Gasteiger partial charge in [-0.05, 0) is 77.8 Å². The number of carbonyl (C=O) groups excluding carboxylic acids is 1. The molecule has 0 bridgehead atoms. The largest absolute Gasteiger partial charge is 0.508 e. The summed E-state index contributed by atoms with van der Waals surface area (Å²) in [4.78, 5) is 24.3. The molecule has 1 aliphatic rings. The molecule has 3 aromatic rings. The molecule has 0 heterocycles. The van der Waals surface area contributed by atoms with Gasteiger partial charge in [-0.3, -0.25) is 4.79 Å². The van der Waals surface area contributed by atoms with Crippen LogP contribution in [0.15, 0.2) is 65.9 Å². The average molecular weight is 451 g/mol. The lowest BCUT2D eigenvalue weighted by molar-refractivity contribution is -0.133. The first kappa shape index (κ1) is 22.5. The van der Waals surface area contributed by atoms with Crippen molar-refractivity contribution in [3.05, 3.63) is 88.6 Å². The van der Waals surface area contributed by atoms with Crippen molar-refractivity contribution in [2.24, 2.45) is 0 Å². The molecule has 0 aromatic heterocycles. The molecule has 0 fully saturated rings. The topological polar surface area (TPSA) is 86.6 Å². The standard InChI is InChI=1S/C26H23F2NO4/c27-20-10-19(11-21(28)14-20)18-5-7-24(23(13-18)26(32)33)29-25(31)8-2-15-1-3-17-12-22(30)6-4-16(17)9-15/h1,3-4,6,9-12,14,18,30H,2,5,7-8,13H2,(H,29,31)(H,32,33). The van der Waals surface area contributed by atoms with Gasteiger partial charge in [0.2, 0.25) is 5.91 Å². The molecule has 5 nitrogen and oxygen atoms in total. The highest BCUT2D eigenvalue weighted by atomic mass is 19.1. The Kier molecular flexibility index (Phi) is 6.40. The molecule has 3 aromatic carbocycles. The maximum Gasteiger partial charge on any atom is 0.333 e. The molecule has 0 radical (unpaired) electrons. The van der Waals surface area contributed by atoms with Crippen molar-refractivity contribution in [3.8, 4) is 5.75 Å². The summed E-state index contributed by atoms with van der Waals surface area (Å²) in [7, 11) is 0. The number of carboxylic acids is 1. The van der Waals surface area contributed by atoms with Crippen LogP contribution in [-0.4, -0.2) is 22.1 Å². The lowest BCUT2D eigenvalue weighted by Crippen LogP contribution is -2.29. The van der Waals surface area contributed by atoms with Gasteiger partial charge >= 0.3 is 5.97 Å². The van der Waals surface area contributed by atoms with Gasteiger partial charge in [0.1, 0.15) is 17.4 Å². The molecule has 0 saturated carbocycles. The third kappa shape index (κ3) is 5.37. The number of rotatable bonds is 6. The second kappa shape index (κ2) is 9.40. The molecule has 0 spiro atoms. The number of allylic oxidation sites excluding steroid dienone is 1. The fourth-order valence-electron chi connectivity index (χ4n) is 4.32. The van der Waals surface area contributed by atoms with E-state index in [2.05, 4.69) is 5.32 Å². The minimum atomic E-state index is -1.15. The average Bonchev–Trinajstić information content (AvgIpc) is 2.77. The summed E-state index contributed by atoms with van der Waals surface area (Å²) in [6, 6.07) is 14.0. The van der Waals surface area contributed by atoms with Gasteiger partial charge in [0.05, 0.1) is 5.57 Å². The fraction of sp³-hybridized carbons (Fsp3) is 0.231. The van der Waals surface area contributed by atoms with Crippen LogP contribution in [0.4, 0.5) is 8.78 Å². The van der Waals surface area contributed by atoms with E-state index in [1.54, 1.807) is 18.2 Å². The Morgan fingerprint density at radius 1 is 0.970 bits per heavy atom. The Morgan fingerprint density at radius 3 is 2.39 bits per heavy atom. The van der Waals surface area contributed by atoms with E-state index >= 15 is 0 Å². The zero-order chi connectivity index (χ0) is 23.5. The Hall–Kier alpha value is -3.74. The Balaban J connectivity index is 1.42. The number of amides is 1. The first-order valence-corrected chi connectivity index (χ1v) is 10.7. The number of halogens is 2. The number of hydrogen-bond donors (Lipinski definition) is 3. The number of phenols is 1. The number of hydrogen-bond acceptors (Lipinski definition) is 3. The van der Waals surface area contributed by atoms with Crippen LogP contribution in [0, 0.1) is 11.6 Å². The first-order chi connectivity index (χ1) is 15.8. The summed E-state index contributed by atoms with van der Waals surface area (Å²) >= 11 is 0. The molecule has 7 heteroatoms. The predicted molar refractivity (Wildman–Crippen MR) is 120 cm³/mol. The van der Waals surface area contributed by atoms with E-state index in [0.29, 0.717) is 30.5 Å². The number of carboxylic acid groups (broad SMARTS) is 1. The SMILES string of the molecule is O=C(CCc1ccc2cc(O)ccc2c1)NC1=C(C(=O)O)CC(c2cc(F)cc(F)c2)CC1. The smallest absolute Gasteiger partial charge is 0.333 e. The summed E-state index contributed by atoms with van der Waals surface area (Å²) in [5.41, 5.74) is 1.79. The van der Waals surface area contributed by atoms with Crippen molar-refractivity contribution in [2.75, 3.05) is 0 Å². The molecular formula is C26H23F2NO4. The highest BCUT2D eigenvalue weighted by Crippen LogP contribution is 2.36. The van der Waals surface area contributed by atoms with Crippen molar-refractivity contribution in [2.45, 2.75) is 38.0 Å². The van der Waals surface area contributed by atoms with E-state index in [1.807, 2.05) is 18.2 Å². The lowest BCUT2D eigenvalue weighted by Gasteiger charge is -2.26. The van der Waals surface area contributed by atoms with E-state index in [0.717, 1.165) is 22.4 Å². The predicted octanol–water partition coefficient (Wildman–Crippen LogP) is 5.18. The number of nitrogens with one attached hydrogen (secondary N) is 1.